The summed E-state index contributed by atoms with van der Waals surface area (Å²) in [5.41, 5.74) is 2.38. The molecule has 0 aliphatic carbocycles. The second-order valence-corrected chi connectivity index (χ2v) is 6.86. The summed E-state index contributed by atoms with van der Waals surface area (Å²) in [6, 6.07) is 13.2. The van der Waals surface area contributed by atoms with Crippen LogP contribution in [0.4, 0.5) is 0 Å². The first kappa shape index (κ1) is 18.0. The SMILES string of the molecule is C[C@H](OC(=O)Cc1csc(-c2cccnc2)n1)c1nnc(-c2ccccc2)o1. The molecule has 0 saturated carbocycles. The van der Waals surface area contributed by atoms with Crippen molar-refractivity contribution < 1.29 is 13.9 Å². The molecule has 4 aromatic rings. The number of benzene rings is 1. The van der Waals surface area contributed by atoms with Gasteiger partial charge in [-0.3, -0.25) is 9.78 Å². The number of hydrogen-bond acceptors (Lipinski definition) is 8. The van der Waals surface area contributed by atoms with E-state index in [0.717, 1.165) is 16.1 Å². The fourth-order valence-electron chi connectivity index (χ4n) is 2.54. The summed E-state index contributed by atoms with van der Waals surface area (Å²) in [6.07, 6.45) is 2.87. The highest BCUT2D eigenvalue weighted by Gasteiger charge is 2.20. The monoisotopic (exact) mass is 392 g/mol. The van der Waals surface area contributed by atoms with E-state index in [4.69, 9.17) is 9.15 Å². The molecular weight excluding hydrogens is 376 g/mol. The van der Waals surface area contributed by atoms with Crippen molar-refractivity contribution in [2.75, 3.05) is 0 Å². The van der Waals surface area contributed by atoms with E-state index in [1.807, 2.05) is 47.8 Å². The van der Waals surface area contributed by atoms with Gasteiger partial charge in [0.05, 0.1) is 12.1 Å². The van der Waals surface area contributed by atoms with Gasteiger partial charge in [-0.15, -0.1) is 21.5 Å². The number of rotatable bonds is 6. The molecule has 0 N–H and O–H groups in total. The third-order valence-electron chi connectivity index (χ3n) is 3.90. The maximum atomic E-state index is 12.3. The van der Waals surface area contributed by atoms with Crippen molar-refractivity contribution in [2.24, 2.45) is 0 Å². The number of carbonyl (C=O) groups is 1. The Bertz CT molecular complexity index is 1060. The third kappa shape index (κ3) is 4.12. The lowest BCUT2D eigenvalue weighted by atomic mass is 10.2. The molecule has 0 fully saturated rings. The van der Waals surface area contributed by atoms with E-state index < -0.39 is 12.1 Å². The van der Waals surface area contributed by atoms with Gasteiger partial charge in [0.15, 0.2) is 6.10 Å². The molecule has 1 aromatic carbocycles. The summed E-state index contributed by atoms with van der Waals surface area (Å²) < 4.78 is 11.0. The highest BCUT2D eigenvalue weighted by atomic mass is 32.1. The third-order valence-corrected chi connectivity index (χ3v) is 4.84. The first-order valence-electron chi connectivity index (χ1n) is 8.62. The maximum absolute atomic E-state index is 12.3. The normalized spacial score (nSPS) is 11.9. The van der Waals surface area contributed by atoms with Gasteiger partial charge in [0, 0.05) is 28.9 Å². The van der Waals surface area contributed by atoms with E-state index in [2.05, 4.69) is 20.2 Å². The molecule has 28 heavy (non-hydrogen) atoms. The molecule has 0 spiro atoms. The van der Waals surface area contributed by atoms with Crippen LogP contribution in [0.25, 0.3) is 22.0 Å². The molecule has 8 heteroatoms. The first-order valence-corrected chi connectivity index (χ1v) is 9.50. The molecule has 4 rings (SSSR count). The largest absolute Gasteiger partial charge is 0.452 e. The van der Waals surface area contributed by atoms with Crippen LogP contribution in [0.5, 0.6) is 0 Å². The van der Waals surface area contributed by atoms with Crippen LogP contribution in [0, 0.1) is 0 Å². The molecule has 0 radical (unpaired) electrons. The van der Waals surface area contributed by atoms with Crippen LogP contribution in [-0.2, 0) is 16.0 Å². The van der Waals surface area contributed by atoms with E-state index in [9.17, 15) is 4.79 Å². The van der Waals surface area contributed by atoms with Gasteiger partial charge in [0.2, 0.25) is 5.89 Å². The summed E-state index contributed by atoms with van der Waals surface area (Å²) in [6.45, 7) is 1.70. The Morgan fingerprint density at radius 2 is 1.96 bits per heavy atom. The first-order chi connectivity index (χ1) is 13.7. The van der Waals surface area contributed by atoms with Crippen LogP contribution in [0.1, 0.15) is 24.6 Å². The molecule has 0 aliphatic heterocycles. The smallest absolute Gasteiger partial charge is 0.312 e. The predicted octanol–water partition coefficient (Wildman–Crippen LogP) is 4.10. The maximum Gasteiger partial charge on any atom is 0.312 e. The summed E-state index contributed by atoms with van der Waals surface area (Å²) in [4.78, 5) is 20.8. The average molecular weight is 392 g/mol. The van der Waals surface area contributed by atoms with E-state index in [-0.39, 0.29) is 12.3 Å². The Balaban J connectivity index is 1.38. The summed E-state index contributed by atoms with van der Waals surface area (Å²) in [7, 11) is 0. The molecule has 0 aliphatic rings. The Labute approximate surface area is 165 Å². The number of aromatic nitrogens is 4. The van der Waals surface area contributed by atoms with Crippen LogP contribution in [0.3, 0.4) is 0 Å². The number of carbonyl (C=O) groups excluding carboxylic acids is 1. The zero-order chi connectivity index (χ0) is 19.3. The predicted molar refractivity (Wildman–Crippen MR) is 103 cm³/mol. The van der Waals surface area contributed by atoms with E-state index in [1.54, 1.807) is 19.3 Å². The van der Waals surface area contributed by atoms with E-state index in [1.165, 1.54) is 11.3 Å². The Morgan fingerprint density at radius 1 is 1.14 bits per heavy atom. The molecule has 3 aromatic heterocycles. The van der Waals surface area contributed by atoms with Gasteiger partial charge < -0.3 is 9.15 Å². The lowest BCUT2D eigenvalue weighted by Crippen LogP contribution is -2.12. The average Bonchev–Trinajstić information content (AvgIpc) is 3.39. The molecule has 0 amide bonds. The minimum atomic E-state index is -0.645. The molecule has 0 bridgehead atoms. The fraction of sp³-hybridized carbons (Fsp3) is 0.150. The van der Waals surface area contributed by atoms with Crippen molar-refractivity contribution >= 4 is 17.3 Å². The van der Waals surface area contributed by atoms with Crippen LogP contribution in [-0.4, -0.2) is 26.1 Å². The van der Waals surface area contributed by atoms with E-state index >= 15 is 0 Å². The highest BCUT2D eigenvalue weighted by Crippen LogP contribution is 2.24. The topological polar surface area (TPSA) is 91.0 Å². The molecule has 1 atom stereocenters. The van der Waals surface area contributed by atoms with Crippen LogP contribution in [0.2, 0.25) is 0 Å². The van der Waals surface area contributed by atoms with Gasteiger partial charge in [0.1, 0.15) is 5.01 Å². The number of hydrogen-bond donors (Lipinski definition) is 0. The summed E-state index contributed by atoms with van der Waals surface area (Å²) in [5.74, 6) is 0.232. The molecule has 7 nitrogen and oxygen atoms in total. The summed E-state index contributed by atoms with van der Waals surface area (Å²) in [5, 5.41) is 10.6. The van der Waals surface area contributed by atoms with Crippen molar-refractivity contribution in [1.29, 1.82) is 0 Å². The second-order valence-electron chi connectivity index (χ2n) is 6.01. The van der Waals surface area contributed by atoms with Gasteiger partial charge in [0.25, 0.3) is 5.89 Å². The van der Waals surface area contributed by atoms with Crippen molar-refractivity contribution in [2.45, 2.75) is 19.4 Å². The van der Waals surface area contributed by atoms with Gasteiger partial charge in [-0.25, -0.2) is 4.98 Å². The van der Waals surface area contributed by atoms with Crippen molar-refractivity contribution in [3.8, 4) is 22.0 Å². The van der Waals surface area contributed by atoms with Crippen LogP contribution < -0.4 is 0 Å². The number of ether oxygens (including phenoxy) is 1. The zero-order valence-corrected chi connectivity index (χ0v) is 15.8. The second kappa shape index (κ2) is 8.10. The molecule has 140 valence electrons. The number of pyridine rings is 1. The van der Waals surface area contributed by atoms with Gasteiger partial charge >= 0.3 is 5.97 Å². The minimum absolute atomic E-state index is 0.0702. The van der Waals surface area contributed by atoms with E-state index in [0.29, 0.717) is 11.6 Å². The minimum Gasteiger partial charge on any atom is -0.452 e. The highest BCUT2D eigenvalue weighted by molar-refractivity contribution is 7.13. The lowest BCUT2D eigenvalue weighted by molar-refractivity contribution is -0.148. The van der Waals surface area contributed by atoms with Gasteiger partial charge in [-0.2, -0.15) is 0 Å². The fourth-order valence-corrected chi connectivity index (χ4v) is 3.35. The van der Waals surface area contributed by atoms with Crippen LogP contribution >= 0.6 is 11.3 Å². The number of thiazole rings is 1. The molecule has 0 saturated heterocycles. The Morgan fingerprint density at radius 3 is 2.75 bits per heavy atom. The quantitative estimate of drug-likeness (QED) is 0.456. The van der Waals surface area contributed by atoms with Crippen molar-refractivity contribution in [3.05, 3.63) is 71.8 Å². The van der Waals surface area contributed by atoms with Crippen molar-refractivity contribution in [3.63, 3.8) is 0 Å². The van der Waals surface area contributed by atoms with Gasteiger partial charge in [-0.05, 0) is 31.2 Å². The summed E-state index contributed by atoms with van der Waals surface area (Å²) >= 11 is 1.46. The standard InChI is InChI=1S/C20H16N4O3S/c1-13(18-23-24-19(27-18)14-6-3-2-4-7-14)26-17(25)10-16-12-28-20(22-16)15-8-5-9-21-11-15/h2-9,11-13H,10H2,1H3/t13-/m0/s1. The molecule has 0 unspecified atom stereocenters. The van der Waals surface area contributed by atoms with Gasteiger partial charge in [-0.1, -0.05) is 18.2 Å². The number of esters is 1. The Hall–Kier alpha value is -3.39. The molecular formula is C20H16N4O3S. The zero-order valence-electron chi connectivity index (χ0n) is 15.0. The number of nitrogens with zero attached hydrogens (tertiary/aromatic N) is 4. The Kier molecular flexibility index (Phi) is 5.20. The van der Waals surface area contributed by atoms with Crippen LogP contribution in [0.15, 0.2) is 64.7 Å². The lowest BCUT2D eigenvalue weighted by Gasteiger charge is -2.08. The van der Waals surface area contributed by atoms with Crippen molar-refractivity contribution in [1.82, 2.24) is 20.2 Å². The molecule has 3 heterocycles.